The average molecular weight is 296 g/mol. The first-order valence-corrected chi connectivity index (χ1v) is 8.42. The number of amides is 1. The van der Waals surface area contributed by atoms with E-state index in [0.717, 1.165) is 12.8 Å². The zero-order chi connectivity index (χ0) is 15.8. The summed E-state index contributed by atoms with van der Waals surface area (Å²) in [6.45, 7) is 11.3. The number of carbonyl (C=O) groups excluding carboxylic acids is 1. The third-order valence-electron chi connectivity index (χ3n) is 5.75. The van der Waals surface area contributed by atoms with Crippen molar-refractivity contribution in [1.29, 1.82) is 0 Å². The third-order valence-corrected chi connectivity index (χ3v) is 5.75. The second-order valence-corrected chi connectivity index (χ2v) is 7.93. The molecule has 21 heavy (non-hydrogen) atoms. The fourth-order valence-corrected chi connectivity index (χ4v) is 4.20. The second-order valence-electron chi connectivity index (χ2n) is 7.93. The van der Waals surface area contributed by atoms with E-state index in [2.05, 4.69) is 19.2 Å². The van der Waals surface area contributed by atoms with Gasteiger partial charge >= 0.3 is 0 Å². The summed E-state index contributed by atoms with van der Waals surface area (Å²) >= 11 is 0. The fraction of sp³-hybridized carbons (Fsp3) is 0.941. The molecule has 0 saturated heterocycles. The first kappa shape index (κ1) is 16.8. The molecule has 4 nitrogen and oxygen atoms in total. The summed E-state index contributed by atoms with van der Waals surface area (Å²) < 4.78 is 5.70. The van der Waals surface area contributed by atoms with Crippen LogP contribution in [0.5, 0.6) is 0 Å². The van der Waals surface area contributed by atoms with Gasteiger partial charge in [0, 0.05) is 24.5 Å². The Bertz CT molecular complexity index is 386. The molecule has 2 fully saturated rings. The first-order valence-electron chi connectivity index (χ1n) is 8.42. The molecule has 2 aliphatic carbocycles. The molecular weight excluding hydrogens is 264 g/mol. The highest BCUT2D eigenvalue weighted by atomic mass is 16.5. The van der Waals surface area contributed by atoms with Crippen molar-refractivity contribution in [3.63, 3.8) is 0 Å². The summed E-state index contributed by atoms with van der Waals surface area (Å²) in [6, 6.07) is 0.276. The lowest BCUT2D eigenvalue weighted by atomic mass is 9.54. The van der Waals surface area contributed by atoms with Gasteiger partial charge in [0.2, 0.25) is 5.91 Å². The maximum Gasteiger partial charge on any atom is 0.241 e. The van der Waals surface area contributed by atoms with E-state index in [9.17, 15) is 4.79 Å². The van der Waals surface area contributed by atoms with Crippen LogP contribution in [0.2, 0.25) is 0 Å². The summed E-state index contributed by atoms with van der Waals surface area (Å²) in [6.07, 6.45) is 4.11. The molecule has 0 aromatic heterocycles. The highest BCUT2D eigenvalue weighted by molar-refractivity contribution is 5.89. The second kappa shape index (κ2) is 5.88. The molecule has 122 valence electrons. The zero-order valence-electron chi connectivity index (χ0n) is 14.2. The number of hydrogen-bond donors (Lipinski definition) is 2. The molecule has 4 atom stereocenters. The lowest BCUT2D eigenvalue weighted by molar-refractivity contribution is -0.171. The van der Waals surface area contributed by atoms with Crippen molar-refractivity contribution in [2.45, 2.75) is 78.0 Å². The fourth-order valence-electron chi connectivity index (χ4n) is 4.20. The molecule has 0 aromatic carbocycles. The molecule has 0 aromatic rings. The van der Waals surface area contributed by atoms with Crippen LogP contribution in [0.3, 0.4) is 0 Å². The normalized spacial score (nSPS) is 42.2. The van der Waals surface area contributed by atoms with Gasteiger partial charge in [0.15, 0.2) is 0 Å². The van der Waals surface area contributed by atoms with Crippen molar-refractivity contribution in [2.75, 3.05) is 6.61 Å². The van der Waals surface area contributed by atoms with Gasteiger partial charge in [-0.15, -0.1) is 0 Å². The van der Waals surface area contributed by atoms with Crippen LogP contribution in [0.15, 0.2) is 0 Å². The van der Waals surface area contributed by atoms with Crippen LogP contribution in [0.4, 0.5) is 0 Å². The average Bonchev–Trinajstić information content (AvgIpc) is 2.36. The van der Waals surface area contributed by atoms with Gasteiger partial charge in [0.1, 0.15) is 5.54 Å². The quantitative estimate of drug-likeness (QED) is 0.837. The minimum atomic E-state index is -0.795. The van der Waals surface area contributed by atoms with Gasteiger partial charge in [-0.25, -0.2) is 0 Å². The number of nitrogens with one attached hydrogen (secondary N) is 1. The van der Waals surface area contributed by atoms with E-state index in [1.807, 2.05) is 20.8 Å². The Balaban J connectivity index is 1.97. The molecule has 0 heterocycles. The van der Waals surface area contributed by atoms with Gasteiger partial charge in [-0.2, -0.15) is 0 Å². The van der Waals surface area contributed by atoms with Gasteiger partial charge < -0.3 is 15.8 Å². The summed E-state index contributed by atoms with van der Waals surface area (Å²) in [5.74, 6) is 1.37. The van der Waals surface area contributed by atoms with Crippen molar-refractivity contribution >= 4 is 5.91 Å². The van der Waals surface area contributed by atoms with Gasteiger partial charge in [0.05, 0.1) is 6.10 Å². The Morgan fingerprint density at radius 1 is 1.24 bits per heavy atom. The number of hydrogen-bond acceptors (Lipinski definition) is 3. The molecule has 2 rings (SSSR count). The maximum absolute atomic E-state index is 12.7. The van der Waals surface area contributed by atoms with E-state index in [-0.39, 0.29) is 23.5 Å². The van der Waals surface area contributed by atoms with Crippen LogP contribution in [0.1, 0.15) is 60.3 Å². The maximum atomic E-state index is 12.7. The van der Waals surface area contributed by atoms with Crippen LogP contribution in [-0.2, 0) is 9.53 Å². The first-order chi connectivity index (χ1) is 9.70. The summed E-state index contributed by atoms with van der Waals surface area (Å²) in [5, 5.41) is 3.22. The van der Waals surface area contributed by atoms with E-state index in [0.29, 0.717) is 24.9 Å². The van der Waals surface area contributed by atoms with Crippen LogP contribution < -0.4 is 11.1 Å². The molecule has 1 amide bonds. The number of carbonyl (C=O) groups is 1. The SMILES string of the molecule is CCOC1CC(N)(C(=O)NC2CC(C)CC(C)C2)C1(C)C. The minimum absolute atomic E-state index is 0.00903. The van der Waals surface area contributed by atoms with Crippen molar-refractivity contribution in [3.8, 4) is 0 Å². The molecule has 2 aliphatic rings. The zero-order valence-corrected chi connectivity index (χ0v) is 14.2. The highest BCUT2D eigenvalue weighted by Crippen LogP contribution is 2.50. The summed E-state index contributed by atoms with van der Waals surface area (Å²) in [7, 11) is 0. The predicted octanol–water partition coefficient (Wildman–Crippen LogP) is 2.46. The standard InChI is InChI=1S/C17H32N2O2/c1-6-21-14-10-17(18,16(14,4)5)15(20)19-13-8-11(2)7-12(3)9-13/h11-14H,6-10,18H2,1-5H3,(H,19,20). The lowest BCUT2D eigenvalue weighted by Crippen LogP contribution is -2.76. The molecule has 3 N–H and O–H groups in total. The lowest BCUT2D eigenvalue weighted by Gasteiger charge is -2.58. The van der Waals surface area contributed by atoms with Gasteiger partial charge in [-0.05, 0) is 38.0 Å². The Labute approximate surface area is 129 Å². The highest BCUT2D eigenvalue weighted by Gasteiger charge is 2.63. The van der Waals surface area contributed by atoms with E-state index in [1.165, 1.54) is 6.42 Å². The molecule has 4 heteroatoms. The molecule has 0 aliphatic heterocycles. The summed E-state index contributed by atoms with van der Waals surface area (Å²) in [4.78, 5) is 12.7. The Kier molecular flexibility index (Phi) is 4.69. The van der Waals surface area contributed by atoms with Gasteiger partial charge in [-0.3, -0.25) is 4.79 Å². The molecule has 4 unspecified atom stereocenters. The van der Waals surface area contributed by atoms with E-state index >= 15 is 0 Å². The molecular formula is C17H32N2O2. The van der Waals surface area contributed by atoms with E-state index < -0.39 is 5.54 Å². The van der Waals surface area contributed by atoms with Crippen LogP contribution in [-0.4, -0.2) is 30.2 Å². The third kappa shape index (κ3) is 2.98. The molecule has 2 saturated carbocycles. The van der Waals surface area contributed by atoms with E-state index in [4.69, 9.17) is 10.5 Å². The summed E-state index contributed by atoms with van der Waals surface area (Å²) in [5.41, 5.74) is 5.34. The number of ether oxygens (including phenoxy) is 1. The van der Waals surface area contributed by atoms with Crippen molar-refractivity contribution in [3.05, 3.63) is 0 Å². The number of nitrogens with two attached hydrogens (primary N) is 1. The molecule has 0 spiro atoms. The van der Waals surface area contributed by atoms with Crippen molar-refractivity contribution in [2.24, 2.45) is 23.0 Å². The van der Waals surface area contributed by atoms with Crippen molar-refractivity contribution < 1.29 is 9.53 Å². The smallest absolute Gasteiger partial charge is 0.241 e. The predicted molar refractivity (Wildman–Crippen MR) is 84.8 cm³/mol. The monoisotopic (exact) mass is 296 g/mol. The largest absolute Gasteiger partial charge is 0.378 e. The van der Waals surface area contributed by atoms with Crippen LogP contribution in [0, 0.1) is 17.3 Å². The molecule has 0 radical (unpaired) electrons. The van der Waals surface area contributed by atoms with Crippen LogP contribution in [0.25, 0.3) is 0 Å². The van der Waals surface area contributed by atoms with Gasteiger partial charge in [-0.1, -0.05) is 27.7 Å². The van der Waals surface area contributed by atoms with Crippen LogP contribution >= 0.6 is 0 Å². The minimum Gasteiger partial charge on any atom is -0.378 e. The Hall–Kier alpha value is -0.610. The topological polar surface area (TPSA) is 64.3 Å². The van der Waals surface area contributed by atoms with E-state index in [1.54, 1.807) is 0 Å². The Morgan fingerprint density at radius 2 is 1.81 bits per heavy atom. The van der Waals surface area contributed by atoms with Gasteiger partial charge in [0.25, 0.3) is 0 Å². The number of rotatable bonds is 4. The van der Waals surface area contributed by atoms with Crippen molar-refractivity contribution in [1.82, 2.24) is 5.32 Å². The Morgan fingerprint density at radius 3 is 2.29 bits per heavy atom. The molecule has 0 bridgehead atoms.